The number of para-hydroxylation sites is 1. The zero-order chi connectivity index (χ0) is 20.2. The molecule has 5 nitrogen and oxygen atoms in total. The average Bonchev–Trinajstić information content (AvgIpc) is 2.78. The van der Waals surface area contributed by atoms with Crippen molar-refractivity contribution in [2.24, 2.45) is 0 Å². The molecule has 0 bridgehead atoms. The number of nitrogens with zero attached hydrogens (tertiary/aromatic N) is 1. The number of ether oxygens (including phenoxy) is 4. The first kappa shape index (κ1) is 18.6. The molecule has 0 N–H and O–H groups in total. The van der Waals surface area contributed by atoms with Crippen molar-refractivity contribution in [2.75, 3.05) is 21.3 Å². The van der Waals surface area contributed by atoms with E-state index in [1.807, 2.05) is 66.7 Å². The van der Waals surface area contributed by atoms with E-state index in [9.17, 15) is 0 Å². The molecule has 0 fully saturated rings. The summed E-state index contributed by atoms with van der Waals surface area (Å²) in [5.41, 5.74) is 2.54. The lowest BCUT2D eigenvalue weighted by Gasteiger charge is -2.14. The van der Waals surface area contributed by atoms with Crippen LogP contribution in [0.1, 0.15) is 0 Å². The van der Waals surface area contributed by atoms with E-state index in [-0.39, 0.29) is 0 Å². The number of hydrogen-bond acceptors (Lipinski definition) is 5. The Hall–Kier alpha value is -3.73. The summed E-state index contributed by atoms with van der Waals surface area (Å²) in [6.07, 6.45) is 0. The second-order valence-electron chi connectivity index (χ2n) is 6.38. The molecule has 29 heavy (non-hydrogen) atoms. The van der Waals surface area contributed by atoms with Gasteiger partial charge in [-0.1, -0.05) is 30.3 Å². The van der Waals surface area contributed by atoms with Crippen molar-refractivity contribution in [3.63, 3.8) is 0 Å². The Bertz CT molecular complexity index is 1160. The summed E-state index contributed by atoms with van der Waals surface area (Å²) in [6.45, 7) is 0. The Morgan fingerprint density at radius 3 is 2.24 bits per heavy atom. The van der Waals surface area contributed by atoms with E-state index >= 15 is 0 Å². The highest BCUT2D eigenvalue weighted by Gasteiger charge is 2.14. The first-order valence-electron chi connectivity index (χ1n) is 9.16. The van der Waals surface area contributed by atoms with Crippen molar-refractivity contribution in [3.8, 4) is 40.0 Å². The monoisotopic (exact) mass is 387 g/mol. The Morgan fingerprint density at radius 1 is 0.621 bits per heavy atom. The number of fused-ring (bicyclic) bond motifs is 1. The fourth-order valence-corrected chi connectivity index (χ4v) is 3.16. The van der Waals surface area contributed by atoms with Crippen molar-refractivity contribution in [3.05, 3.63) is 72.8 Å². The van der Waals surface area contributed by atoms with Crippen LogP contribution in [0.2, 0.25) is 0 Å². The van der Waals surface area contributed by atoms with Gasteiger partial charge in [0, 0.05) is 17.0 Å². The molecule has 0 unspecified atom stereocenters. The summed E-state index contributed by atoms with van der Waals surface area (Å²) in [6, 6.07) is 23.2. The Balaban J connectivity index is 1.84. The van der Waals surface area contributed by atoms with Crippen LogP contribution in [-0.4, -0.2) is 26.3 Å². The predicted octanol–water partition coefficient (Wildman–Crippen LogP) is 5.72. The van der Waals surface area contributed by atoms with Crippen LogP contribution in [0.25, 0.3) is 22.2 Å². The van der Waals surface area contributed by atoms with E-state index in [2.05, 4.69) is 0 Å². The van der Waals surface area contributed by atoms with Gasteiger partial charge in [-0.25, -0.2) is 4.98 Å². The van der Waals surface area contributed by atoms with E-state index in [1.165, 1.54) is 0 Å². The number of hydrogen-bond donors (Lipinski definition) is 0. The average molecular weight is 387 g/mol. The van der Waals surface area contributed by atoms with Crippen LogP contribution >= 0.6 is 0 Å². The molecule has 0 aliphatic carbocycles. The molecule has 3 aromatic carbocycles. The van der Waals surface area contributed by atoms with E-state index in [0.717, 1.165) is 27.9 Å². The van der Waals surface area contributed by atoms with E-state index in [0.29, 0.717) is 23.0 Å². The molecular formula is C24H21NO4. The molecule has 146 valence electrons. The summed E-state index contributed by atoms with van der Waals surface area (Å²) in [5, 5.41) is 0.995. The highest BCUT2D eigenvalue weighted by atomic mass is 16.5. The van der Waals surface area contributed by atoms with E-state index in [4.69, 9.17) is 23.9 Å². The summed E-state index contributed by atoms with van der Waals surface area (Å²) >= 11 is 0. The second kappa shape index (κ2) is 8.10. The second-order valence-corrected chi connectivity index (χ2v) is 6.38. The molecule has 4 rings (SSSR count). The third-order valence-electron chi connectivity index (χ3n) is 4.61. The first-order valence-corrected chi connectivity index (χ1v) is 9.16. The zero-order valence-electron chi connectivity index (χ0n) is 16.5. The zero-order valence-corrected chi connectivity index (χ0v) is 16.5. The Kier molecular flexibility index (Phi) is 5.20. The molecule has 0 atom stereocenters. The first-order chi connectivity index (χ1) is 14.2. The third-order valence-corrected chi connectivity index (χ3v) is 4.61. The molecule has 0 saturated heterocycles. The van der Waals surface area contributed by atoms with Gasteiger partial charge in [0.15, 0.2) is 17.2 Å². The van der Waals surface area contributed by atoms with Crippen molar-refractivity contribution < 1.29 is 18.9 Å². The van der Waals surface area contributed by atoms with Crippen molar-refractivity contribution in [1.82, 2.24) is 4.98 Å². The van der Waals surface area contributed by atoms with Crippen molar-refractivity contribution in [2.45, 2.75) is 0 Å². The lowest BCUT2D eigenvalue weighted by atomic mass is 10.1. The van der Waals surface area contributed by atoms with E-state index < -0.39 is 0 Å². The van der Waals surface area contributed by atoms with Gasteiger partial charge in [-0.15, -0.1) is 0 Å². The predicted molar refractivity (Wildman–Crippen MR) is 113 cm³/mol. The summed E-state index contributed by atoms with van der Waals surface area (Å²) < 4.78 is 22.3. The Labute approximate surface area is 169 Å². The highest BCUT2D eigenvalue weighted by Crippen LogP contribution is 2.38. The van der Waals surface area contributed by atoms with E-state index in [1.54, 1.807) is 27.4 Å². The molecule has 0 aliphatic rings. The van der Waals surface area contributed by atoms with Crippen molar-refractivity contribution >= 4 is 10.9 Å². The number of rotatable bonds is 6. The standard InChI is InChI=1S/C24H21NO4/c1-26-18-9-6-8-17(13-18)24-23(14-16-7-4-5-10-20(16)25-24)29-19-11-12-21(27-2)22(15-19)28-3/h4-15H,1-3H3. The van der Waals surface area contributed by atoms with Gasteiger partial charge in [-0.2, -0.15) is 0 Å². The van der Waals surface area contributed by atoms with Gasteiger partial charge in [0.05, 0.1) is 26.8 Å². The van der Waals surface area contributed by atoms with Crippen LogP contribution in [0.15, 0.2) is 72.8 Å². The maximum Gasteiger partial charge on any atom is 0.164 e. The van der Waals surface area contributed by atoms with Gasteiger partial charge in [0.2, 0.25) is 0 Å². The van der Waals surface area contributed by atoms with Gasteiger partial charge in [-0.3, -0.25) is 0 Å². The van der Waals surface area contributed by atoms with Gasteiger partial charge in [-0.05, 0) is 36.4 Å². The van der Waals surface area contributed by atoms with Crippen LogP contribution in [0, 0.1) is 0 Å². The lowest BCUT2D eigenvalue weighted by molar-refractivity contribution is 0.352. The molecule has 1 heterocycles. The topological polar surface area (TPSA) is 49.8 Å². The summed E-state index contributed by atoms with van der Waals surface area (Å²) in [4.78, 5) is 4.86. The third kappa shape index (κ3) is 3.80. The van der Waals surface area contributed by atoms with Crippen LogP contribution in [0.3, 0.4) is 0 Å². The smallest absolute Gasteiger partial charge is 0.164 e. The number of benzene rings is 3. The summed E-state index contributed by atoms with van der Waals surface area (Å²) in [5.74, 6) is 3.27. The normalized spacial score (nSPS) is 10.6. The maximum absolute atomic E-state index is 6.25. The van der Waals surface area contributed by atoms with Crippen LogP contribution < -0.4 is 18.9 Å². The quantitative estimate of drug-likeness (QED) is 0.423. The van der Waals surface area contributed by atoms with Gasteiger partial charge >= 0.3 is 0 Å². The van der Waals surface area contributed by atoms with Crippen LogP contribution in [0.4, 0.5) is 0 Å². The molecule has 5 heteroatoms. The minimum absolute atomic E-state index is 0.599. The maximum atomic E-state index is 6.25. The molecule has 0 aliphatic heterocycles. The fourth-order valence-electron chi connectivity index (χ4n) is 3.16. The van der Waals surface area contributed by atoms with Gasteiger partial charge in [0.1, 0.15) is 17.2 Å². The number of aromatic nitrogens is 1. The molecular weight excluding hydrogens is 366 g/mol. The lowest BCUT2D eigenvalue weighted by Crippen LogP contribution is -1.95. The molecule has 0 saturated carbocycles. The molecule has 4 aromatic rings. The Morgan fingerprint density at radius 2 is 1.45 bits per heavy atom. The molecule has 0 radical (unpaired) electrons. The van der Waals surface area contributed by atoms with Gasteiger partial charge < -0.3 is 18.9 Å². The number of pyridine rings is 1. The van der Waals surface area contributed by atoms with Crippen LogP contribution in [-0.2, 0) is 0 Å². The minimum atomic E-state index is 0.599. The fraction of sp³-hybridized carbons (Fsp3) is 0.125. The minimum Gasteiger partial charge on any atom is -0.497 e. The molecule has 0 amide bonds. The van der Waals surface area contributed by atoms with Crippen molar-refractivity contribution in [1.29, 1.82) is 0 Å². The van der Waals surface area contributed by atoms with Gasteiger partial charge in [0.25, 0.3) is 0 Å². The molecule has 1 aromatic heterocycles. The SMILES string of the molecule is COc1cccc(-c2nc3ccccc3cc2Oc2ccc(OC)c(OC)c2)c1. The number of methoxy groups -OCH3 is 3. The highest BCUT2D eigenvalue weighted by molar-refractivity contribution is 5.85. The largest absolute Gasteiger partial charge is 0.497 e. The van der Waals surface area contributed by atoms with Crippen LogP contribution in [0.5, 0.6) is 28.7 Å². The molecule has 0 spiro atoms. The summed E-state index contributed by atoms with van der Waals surface area (Å²) in [7, 11) is 4.85.